The van der Waals surface area contributed by atoms with Gasteiger partial charge < -0.3 is 5.32 Å². The molecular weight excluding hydrogens is 241 g/mol. The van der Waals surface area contributed by atoms with Crippen molar-refractivity contribution in [3.8, 4) is 0 Å². The second-order valence-corrected chi connectivity index (χ2v) is 4.90. The van der Waals surface area contributed by atoms with E-state index in [1.165, 1.54) is 38.2 Å². The van der Waals surface area contributed by atoms with E-state index in [0.29, 0.717) is 6.42 Å². The highest BCUT2D eigenvalue weighted by Crippen LogP contribution is 2.14. The Labute approximate surface area is 115 Å². The van der Waals surface area contributed by atoms with Gasteiger partial charge in [-0.15, -0.1) is 0 Å². The van der Waals surface area contributed by atoms with Crippen LogP contribution < -0.4 is 5.32 Å². The highest BCUT2D eigenvalue weighted by Gasteiger charge is 2.05. The first-order valence-corrected chi connectivity index (χ1v) is 7.28. The van der Waals surface area contributed by atoms with Crippen LogP contribution >= 0.6 is 0 Å². The van der Waals surface area contributed by atoms with Crippen LogP contribution in [0.3, 0.4) is 0 Å². The van der Waals surface area contributed by atoms with Gasteiger partial charge in [-0.2, -0.15) is 0 Å². The molecule has 0 aliphatic rings. The Morgan fingerprint density at radius 3 is 2.37 bits per heavy atom. The molecule has 1 aromatic rings. The smallest absolute Gasteiger partial charge is 0.224 e. The highest BCUT2D eigenvalue weighted by molar-refractivity contribution is 5.90. The second kappa shape index (κ2) is 9.54. The van der Waals surface area contributed by atoms with Crippen molar-refractivity contribution in [2.24, 2.45) is 0 Å². The van der Waals surface area contributed by atoms with Gasteiger partial charge in [-0.3, -0.25) is 4.79 Å². The number of halogens is 1. The van der Waals surface area contributed by atoms with Crippen molar-refractivity contribution in [1.82, 2.24) is 0 Å². The van der Waals surface area contributed by atoms with Gasteiger partial charge in [0.1, 0.15) is 5.82 Å². The number of carbonyl (C=O) groups is 1. The second-order valence-electron chi connectivity index (χ2n) is 4.90. The molecule has 0 saturated carbocycles. The Morgan fingerprint density at radius 2 is 1.68 bits per heavy atom. The van der Waals surface area contributed by atoms with E-state index in [4.69, 9.17) is 0 Å². The Bertz CT molecular complexity index is 379. The monoisotopic (exact) mass is 265 g/mol. The molecule has 0 aliphatic carbocycles. The zero-order valence-electron chi connectivity index (χ0n) is 11.8. The summed E-state index contributed by atoms with van der Waals surface area (Å²) >= 11 is 0. The minimum atomic E-state index is -0.379. The molecular formula is C16H24FNO. The lowest BCUT2D eigenvalue weighted by Crippen LogP contribution is -2.12. The fourth-order valence-electron chi connectivity index (χ4n) is 2.02. The molecule has 1 N–H and O–H groups in total. The predicted octanol–water partition coefficient (Wildman–Crippen LogP) is 4.90. The molecule has 1 amide bonds. The van der Waals surface area contributed by atoms with Crippen LogP contribution in [0.2, 0.25) is 0 Å². The number of nitrogens with one attached hydrogen (secondary N) is 1. The summed E-state index contributed by atoms with van der Waals surface area (Å²) in [7, 11) is 0. The minimum Gasteiger partial charge on any atom is -0.324 e. The Morgan fingerprint density at radius 1 is 1.05 bits per heavy atom. The highest BCUT2D eigenvalue weighted by atomic mass is 19.1. The number of unbranched alkanes of at least 4 members (excludes halogenated alkanes) is 6. The van der Waals surface area contributed by atoms with Crippen LogP contribution in [0.4, 0.5) is 10.1 Å². The number of anilines is 1. The number of benzene rings is 1. The first kappa shape index (κ1) is 15.7. The maximum absolute atomic E-state index is 13.3. The van der Waals surface area contributed by atoms with Crippen molar-refractivity contribution in [2.75, 3.05) is 5.32 Å². The van der Waals surface area contributed by atoms with E-state index in [2.05, 4.69) is 12.2 Å². The molecule has 0 atom stereocenters. The normalized spacial score (nSPS) is 10.4. The summed E-state index contributed by atoms with van der Waals surface area (Å²) in [6, 6.07) is 6.26. The fourth-order valence-corrected chi connectivity index (χ4v) is 2.02. The lowest BCUT2D eigenvalue weighted by atomic mass is 10.1. The third-order valence-electron chi connectivity index (χ3n) is 3.16. The van der Waals surface area contributed by atoms with Gasteiger partial charge in [0.25, 0.3) is 0 Å². The summed E-state index contributed by atoms with van der Waals surface area (Å²) in [6.45, 7) is 2.20. The summed E-state index contributed by atoms with van der Waals surface area (Å²) in [4.78, 5) is 11.6. The van der Waals surface area contributed by atoms with Gasteiger partial charge in [0, 0.05) is 6.42 Å². The zero-order valence-corrected chi connectivity index (χ0v) is 11.8. The molecule has 0 aliphatic heterocycles. The summed E-state index contributed by atoms with van der Waals surface area (Å²) in [6.07, 6.45) is 8.72. The van der Waals surface area contributed by atoms with Crippen LogP contribution in [-0.2, 0) is 4.79 Å². The minimum absolute atomic E-state index is 0.0985. The van der Waals surface area contributed by atoms with Gasteiger partial charge in [0.15, 0.2) is 0 Å². The number of hydrogen-bond donors (Lipinski definition) is 1. The van der Waals surface area contributed by atoms with Crippen LogP contribution in [-0.4, -0.2) is 5.91 Å². The van der Waals surface area contributed by atoms with E-state index < -0.39 is 0 Å². The maximum atomic E-state index is 13.3. The van der Waals surface area contributed by atoms with Crippen LogP contribution in [0, 0.1) is 5.82 Å². The van der Waals surface area contributed by atoms with Gasteiger partial charge in [0.05, 0.1) is 5.69 Å². The van der Waals surface area contributed by atoms with Gasteiger partial charge in [-0.25, -0.2) is 4.39 Å². The predicted molar refractivity (Wildman–Crippen MR) is 77.6 cm³/mol. The Hall–Kier alpha value is -1.38. The number of para-hydroxylation sites is 1. The molecule has 19 heavy (non-hydrogen) atoms. The molecule has 0 fully saturated rings. The van der Waals surface area contributed by atoms with Crippen molar-refractivity contribution in [3.05, 3.63) is 30.1 Å². The van der Waals surface area contributed by atoms with Crippen molar-refractivity contribution >= 4 is 11.6 Å². The van der Waals surface area contributed by atoms with E-state index >= 15 is 0 Å². The third-order valence-corrected chi connectivity index (χ3v) is 3.16. The lowest BCUT2D eigenvalue weighted by Gasteiger charge is -2.06. The van der Waals surface area contributed by atoms with E-state index in [1.54, 1.807) is 18.2 Å². The number of carbonyl (C=O) groups excluding carboxylic acids is 1. The molecule has 0 heterocycles. The molecule has 0 saturated heterocycles. The molecule has 0 spiro atoms. The lowest BCUT2D eigenvalue weighted by molar-refractivity contribution is -0.116. The molecule has 106 valence electrons. The standard InChI is InChI=1S/C16H24FNO/c1-2-3-4-5-6-7-8-13-16(19)18-15-12-10-9-11-14(15)17/h9-12H,2-8,13H2,1H3,(H,18,19). The van der Waals surface area contributed by atoms with Crippen molar-refractivity contribution < 1.29 is 9.18 Å². The molecule has 0 unspecified atom stereocenters. The summed E-state index contributed by atoms with van der Waals surface area (Å²) in [5.41, 5.74) is 0.274. The van der Waals surface area contributed by atoms with E-state index in [0.717, 1.165) is 12.8 Å². The maximum Gasteiger partial charge on any atom is 0.224 e. The first-order valence-electron chi connectivity index (χ1n) is 7.28. The molecule has 1 aromatic carbocycles. The molecule has 2 nitrogen and oxygen atoms in total. The van der Waals surface area contributed by atoms with E-state index in [-0.39, 0.29) is 17.4 Å². The van der Waals surface area contributed by atoms with E-state index in [9.17, 15) is 9.18 Å². The largest absolute Gasteiger partial charge is 0.324 e. The molecule has 0 bridgehead atoms. The Balaban J connectivity index is 2.10. The summed E-state index contributed by atoms with van der Waals surface area (Å²) < 4.78 is 13.3. The number of amides is 1. The zero-order chi connectivity index (χ0) is 13.9. The van der Waals surface area contributed by atoms with Gasteiger partial charge >= 0.3 is 0 Å². The first-order chi connectivity index (χ1) is 9.24. The Kier molecular flexibility index (Phi) is 7.87. The SMILES string of the molecule is CCCCCCCCCC(=O)Nc1ccccc1F. The van der Waals surface area contributed by atoms with E-state index in [1.807, 2.05) is 0 Å². The van der Waals surface area contributed by atoms with Gasteiger partial charge in [-0.1, -0.05) is 57.6 Å². The fraction of sp³-hybridized carbons (Fsp3) is 0.562. The average Bonchev–Trinajstić information content (AvgIpc) is 2.40. The van der Waals surface area contributed by atoms with Crippen LogP contribution in [0.1, 0.15) is 58.3 Å². The summed E-state index contributed by atoms with van der Waals surface area (Å²) in [5.74, 6) is -0.478. The quantitative estimate of drug-likeness (QED) is 0.632. The van der Waals surface area contributed by atoms with Crippen molar-refractivity contribution in [2.45, 2.75) is 58.3 Å². The summed E-state index contributed by atoms with van der Waals surface area (Å²) in [5, 5.41) is 2.61. The molecule has 1 rings (SSSR count). The topological polar surface area (TPSA) is 29.1 Å². The number of rotatable bonds is 9. The average molecular weight is 265 g/mol. The van der Waals surface area contributed by atoms with Crippen molar-refractivity contribution in [1.29, 1.82) is 0 Å². The van der Waals surface area contributed by atoms with Crippen LogP contribution in [0.15, 0.2) is 24.3 Å². The number of hydrogen-bond acceptors (Lipinski definition) is 1. The molecule has 0 radical (unpaired) electrons. The van der Waals surface area contributed by atoms with Gasteiger partial charge in [0.2, 0.25) is 5.91 Å². The van der Waals surface area contributed by atoms with Crippen molar-refractivity contribution in [3.63, 3.8) is 0 Å². The third kappa shape index (κ3) is 6.94. The van der Waals surface area contributed by atoms with Crippen LogP contribution in [0.25, 0.3) is 0 Å². The van der Waals surface area contributed by atoms with Gasteiger partial charge in [-0.05, 0) is 18.6 Å². The molecule has 0 aromatic heterocycles. The van der Waals surface area contributed by atoms with Crippen LogP contribution in [0.5, 0.6) is 0 Å². The molecule has 3 heteroatoms.